The summed E-state index contributed by atoms with van der Waals surface area (Å²) in [5.74, 6) is 0.967. The minimum atomic E-state index is -0.659. The number of rotatable bonds is 3. The molecule has 0 aliphatic carbocycles. The summed E-state index contributed by atoms with van der Waals surface area (Å²) in [6.45, 7) is 4.33. The highest BCUT2D eigenvalue weighted by atomic mass is 16.6. The third-order valence-electron chi connectivity index (χ3n) is 3.55. The quantitative estimate of drug-likeness (QED) is 0.892. The van der Waals surface area contributed by atoms with Gasteiger partial charge in [0.25, 0.3) is 5.88 Å². The van der Waals surface area contributed by atoms with Gasteiger partial charge >= 0.3 is 6.09 Å². The molecule has 3 N–H and O–H groups in total. The number of aliphatic imine (C=N–C) groups is 1. The van der Waals surface area contributed by atoms with Gasteiger partial charge in [-0.3, -0.25) is 10.3 Å². The van der Waals surface area contributed by atoms with E-state index in [0.717, 1.165) is 5.56 Å². The number of hydrogen-bond acceptors (Lipinski definition) is 7. The number of amidine groups is 1. The number of ether oxygens (including phenoxy) is 2. The lowest BCUT2D eigenvalue weighted by Crippen LogP contribution is -2.37. The van der Waals surface area contributed by atoms with E-state index in [9.17, 15) is 4.79 Å². The summed E-state index contributed by atoms with van der Waals surface area (Å²) in [6.07, 6.45) is 0.608. The number of carbonyl (C=O) groups excluding carboxylic acids is 1. The maximum absolute atomic E-state index is 11.9. The summed E-state index contributed by atoms with van der Waals surface area (Å²) in [7, 11) is 0. The first-order valence-electron chi connectivity index (χ1n) is 7.38. The molecule has 2 heterocycles. The molecule has 0 spiro atoms. The second kappa shape index (κ2) is 6.32. The summed E-state index contributed by atoms with van der Waals surface area (Å²) in [5.41, 5.74) is 6.63. The van der Waals surface area contributed by atoms with Gasteiger partial charge in [0.15, 0.2) is 12.2 Å². The summed E-state index contributed by atoms with van der Waals surface area (Å²) in [6, 6.07) is 7.28. The smallest absolute Gasteiger partial charge is 0.418 e. The maximum atomic E-state index is 11.9. The van der Waals surface area contributed by atoms with Crippen LogP contribution in [-0.2, 0) is 10.3 Å². The first kappa shape index (κ1) is 16.0. The molecule has 1 aromatic heterocycles. The predicted molar refractivity (Wildman–Crippen MR) is 87.1 cm³/mol. The molecule has 1 atom stereocenters. The predicted octanol–water partition coefficient (Wildman–Crippen LogP) is 2.20. The van der Waals surface area contributed by atoms with Crippen LogP contribution in [0.15, 0.2) is 39.9 Å². The van der Waals surface area contributed by atoms with Gasteiger partial charge in [-0.1, -0.05) is 12.1 Å². The normalized spacial score (nSPS) is 20.3. The lowest BCUT2D eigenvalue weighted by atomic mass is 9.92. The van der Waals surface area contributed by atoms with Crippen LogP contribution in [0.2, 0.25) is 0 Å². The van der Waals surface area contributed by atoms with Crippen molar-refractivity contribution in [2.45, 2.75) is 19.4 Å². The fraction of sp³-hybridized carbons (Fsp3) is 0.312. The molecule has 1 amide bonds. The van der Waals surface area contributed by atoms with Crippen LogP contribution in [0.1, 0.15) is 18.4 Å². The van der Waals surface area contributed by atoms with E-state index in [4.69, 9.17) is 19.6 Å². The Labute approximate surface area is 138 Å². The lowest BCUT2D eigenvalue weighted by molar-refractivity contribution is 0.106. The molecule has 1 unspecified atom stereocenters. The van der Waals surface area contributed by atoms with E-state index in [1.807, 2.05) is 19.1 Å². The van der Waals surface area contributed by atoms with E-state index in [-0.39, 0.29) is 5.88 Å². The molecule has 8 heteroatoms. The molecular weight excluding hydrogens is 312 g/mol. The van der Waals surface area contributed by atoms with Gasteiger partial charge in [-0.05, 0) is 24.6 Å². The maximum Gasteiger partial charge on any atom is 0.418 e. The Balaban J connectivity index is 1.73. The van der Waals surface area contributed by atoms with Crippen LogP contribution in [0.25, 0.3) is 0 Å². The number of nitrogens with zero attached hydrogens (tertiary/aromatic N) is 2. The number of nitrogens with two attached hydrogens (primary N) is 1. The fourth-order valence-corrected chi connectivity index (χ4v) is 2.44. The van der Waals surface area contributed by atoms with Gasteiger partial charge in [0.2, 0.25) is 0 Å². The Bertz CT molecular complexity index is 786. The monoisotopic (exact) mass is 330 g/mol. The average molecular weight is 330 g/mol. The number of hydrogen-bond donors (Lipinski definition) is 2. The van der Waals surface area contributed by atoms with Crippen molar-refractivity contribution < 1.29 is 18.7 Å². The summed E-state index contributed by atoms with van der Waals surface area (Å²) in [5, 5.41) is 2.64. The molecule has 126 valence electrons. The van der Waals surface area contributed by atoms with Gasteiger partial charge < -0.3 is 19.6 Å². The molecule has 1 aliphatic heterocycles. The van der Waals surface area contributed by atoms with Crippen molar-refractivity contribution in [3.63, 3.8) is 0 Å². The number of benzene rings is 1. The third-order valence-corrected chi connectivity index (χ3v) is 3.55. The van der Waals surface area contributed by atoms with Crippen molar-refractivity contribution in [1.82, 2.24) is 4.98 Å². The van der Waals surface area contributed by atoms with E-state index in [2.05, 4.69) is 15.3 Å². The molecule has 8 nitrogen and oxygen atoms in total. The SMILES string of the molecule is Cc1nc(OC(=O)Nc2cccc(C3(C)COCC(N)=N3)c2)co1. The molecule has 0 bridgehead atoms. The number of carbonyl (C=O) groups is 1. The second-order valence-corrected chi connectivity index (χ2v) is 5.67. The number of aromatic nitrogens is 1. The summed E-state index contributed by atoms with van der Waals surface area (Å²) in [4.78, 5) is 20.3. The minimum Gasteiger partial charge on any atom is -0.445 e. The Kier molecular flexibility index (Phi) is 4.22. The van der Waals surface area contributed by atoms with Crippen LogP contribution in [-0.4, -0.2) is 30.1 Å². The lowest BCUT2D eigenvalue weighted by Gasteiger charge is -2.30. The molecule has 1 aromatic carbocycles. The van der Waals surface area contributed by atoms with E-state index in [0.29, 0.717) is 30.6 Å². The van der Waals surface area contributed by atoms with Gasteiger partial charge in [0, 0.05) is 12.6 Å². The van der Waals surface area contributed by atoms with E-state index < -0.39 is 11.6 Å². The van der Waals surface area contributed by atoms with E-state index >= 15 is 0 Å². The third kappa shape index (κ3) is 3.54. The van der Waals surface area contributed by atoms with Crippen molar-refractivity contribution in [2.24, 2.45) is 10.7 Å². The highest BCUT2D eigenvalue weighted by Gasteiger charge is 2.30. The van der Waals surface area contributed by atoms with Crippen molar-refractivity contribution in [3.8, 4) is 5.88 Å². The van der Waals surface area contributed by atoms with Crippen molar-refractivity contribution in [1.29, 1.82) is 0 Å². The standard InChI is InChI=1S/C16H18N4O4/c1-10-18-14(8-23-10)24-15(21)19-12-5-3-4-11(6-12)16(2)9-22-7-13(17)20-16/h3-6,8H,7,9H2,1-2H3,(H2,17,20)(H,19,21). The second-order valence-electron chi connectivity index (χ2n) is 5.67. The Hall–Kier alpha value is -2.87. The molecule has 0 fully saturated rings. The van der Waals surface area contributed by atoms with Crippen LogP contribution < -0.4 is 15.8 Å². The molecule has 2 aromatic rings. The Morgan fingerprint density at radius 1 is 1.46 bits per heavy atom. The van der Waals surface area contributed by atoms with Crippen LogP contribution in [0.3, 0.4) is 0 Å². The Morgan fingerprint density at radius 2 is 2.29 bits per heavy atom. The van der Waals surface area contributed by atoms with E-state index in [1.54, 1.807) is 19.1 Å². The summed E-state index contributed by atoms with van der Waals surface area (Å²) < 4.78 is 15.5. The van der Waals surface area contributed by atoms with Crippen LogP contribution in [0, 0.1) is 6.92 Å². The molecule has 0 saturated carbocycles. The molecule has 1 aliphatic rings. The number of amides is 1. The zero-order chi connectivity index (χ0) is 17.2. The molecule has 24 heavy (non-hydrogen) atoms. The fourth-order valence-electron chi connectivity index (χ4n) is 2.44. The van der Waals surface area contributed by atoms with Gasteiger partial charge in [-0.25, -0.2) is 4.79 Å². The first-order valence-corrected chi connectivity index (χ1v) is 7.38. The van der Waals surface area contributed by atoms with Gasteiger partial charge in [-0.15, -0.1) is 0 Å². The van der Waals surface area contributed by atoms with Crippen LogP contribution in [0.5, 0.6) is 5.88 Å². The van der Waals surface area contributed by atoms with Gasteiger partial charge in [0.1, 0.15) is 18.0 Å². The minimum absolute atomic E-state index is 0.103. The highest BCUT2D eigenvalue weighted by molar-refractivity contribution is 5.86. The largest absolute Gasteiger partial charge is 0.445 e. The van der Waals surface area contributed by atoms with Crippen LogP contribution >= 0.6 is 0 Å². The highest BCUT2D eigenvalue weighted by Crippen LogP contribution is 2.29. The molecule has 0 saturated heterocycles. The molecule has 0 radical (unpaired) electrons. The number of anilines is 1. The van der Waals surface area contributed by atoms with Crippen molar-refractivity contribution in [2.75, 3.05) is 18.5 Å². The zero-order valence-electron chi connectivity index (χ0n) is 13.4. The topological polar surface area (TPSA) is 112 Å². The molecular formula is C16H18N4O4. The zero-order valence-corrected chi connectivity index (χ0v) is 13.4. The molecule has 3 rings (SSSR count). The van der Waals surface area contributed by atoms with Gasteiger partial charge in [-0.2, -0.15) is 4.98 Å². The van der Waals surface area contributed by atoms with Gasteiger partial charge in [0.05, 0.1) is 6.61 Å². The number of nitrogens with one attached hydrogen (secondary N) is 1. The number of aryl methyl sites for hydroxylation is 1. The van der Waals surface area contributed by atoms with Crippen LogP contribution in [0.4, 0.5) is 10.5 Å². The number of oxazole rings is 1. The Morgan fingerprint density at radius 3 is 3.00 bits per heavy atom. The summed E-state index contributed by atoms with van der Waals surface area (Å²) >= 11 is 0. The first-order chi connectivity index (χ1) is 11.4. The van der Waals surface area contributed by atoms with Crippen molar-refractivity contribution >= 4 is 17.6 Å². The van der Waals surface area contributed by atoms with Crippen molar-refractivity contribution in [3.05, 3.63) is 42.0 Å². The van der Waals surface area contributed by atoms with E-state index in [1.165, 1.54) is 6.26 Å². The average Bonchev–Trinajstić information content (AvgIpc) is 2.92.